The normalized spacial score (nSPS) is 12.2. The lowest BCUT2D eigenvalue weighted by Crippen LogP contribution is -2.08. The van der Waals surface area contributed by atoms with E-state index in [-0.39, 0.29) is 16.4 Å². The highest BCUT2D eigenvalue weighted by Crippen LogP contribution is 2.31. The summed E-state index contributed by atoms with van der Waals surface area (Å²) in [4.78, 5) is 3.67. The van der Waals surface area contributed by atoms with Gasteiger partial charge < -0.3 is 4.74 Å². The first-order valence-electron chi connectivity index (χ1n) is 7.59. The van der Waals surface area contributed by atoms with Crippen molar-refractivity contribution < 1.29 is 26.3 Å². The van der Waals surface area contributed by atoms with E-state index in [4.69, 9.17) is 4.74 Å². The van der Waals surface area contributed by atoms with Crippen LogP contribution in [0, 0.1) is 0 Å². The minimum Gasteiger partial charge on any atom is -0.497 e. The number of methoxy groups -OCH3 is 1. The standard InChI is InChI=1S/C17H14F3N3O3S/c1-26-13-5-3-4-11(10-13)15-21-16(17(18,19)20)22-23(15)12-6-8-14(9-7-12)27(2,24)25/h3-10H,1-2H3. The van der Waals surface area contributed by atoms with E-state index in [1.807, 2.05) is 0 Å². The van der Waals surface area contributed by atoms with Crippen LogP contribution in [-0.4, -0.2) is 36.5 Å². The highest BCUT2D eigenvalue weighted by Gasteiger charge is 2.37. The smallest absolute Gasteiger partial charge is 0.453 e. The van der Waals surface area contributed by atoms with Crippen LogP contribution < -0.4 is 4.74 Å². The number of alkyl halides is 3. The maximum absolute atomic E-state index is 13.1. The number of ether oxygens (including phenoxy) is 1. The molecule has 10 heteroatoms. The number of rotatable bonds is 4. The molecule has 0 radical (unpaired) electrons. The molecule has 0 N–H and O–H groups in total. The summed E-state index contributed by atoms with van der Waals surface area (Å²) in [6.07, 6.45) is -3.69. The molecule has 0 saturated carbocycles. The molecule has 1 aromatic heterocycles. The Balaban J connectivity index is 2.17. The third-order valence-corrected chi connectivity index (χ3v) is 4.83. The number of aromatic nitrogens is 3. The molecule has 142 valence electrons. The van der Waals surface area contributed by atoms with Crippen molar-refractivity contribution >= 4 is 9.84 Å². The Morgan fingerprint density at radius 2 is 1.74 bits per heavy atom. The molecule has 0 aliphatic carbocycles. The predicted octanol–water partition coefficient (Wildman–Crippen LogP) is 3.37. The Kier molecular flexibility index (Phi) is 4.68. The van der Waals surface area contributed by atoms with Crippen molar-refractivity contribution in [1.29, 1.82) is 0 Å². The molecular weight excluding hydrogens is 383 g/mol. The van der Waals surface area contributed by atoms with Crippen molar-refractivity contribution in [2.24, 2.45) is 0 Å². The second-order valence-corrected chi connectivity index (χ2v) is 7.68. The number of hydrogen-bond acceptors (Lipinski definition) is 5. The molecule has 3 aromatic rings. The van der Waals surface area contributed by atoms with Crippen molar-refractivity contribution in [1.82, 2.24) is 14.8 Å². The van der Waals surface area contributed by atoms with Crippen molar-refractivity contribution in [2.45, 2.75) is 11.1 Å². The number of halogens is 3. The van der Waals surface area contributed by atoms with E-state index in [9.17, 15) is 21.6 Å². The molecule has 1 heterocycles. The summed E-state index contributed by atoms with van der Waals surface area (Å²) in [6, 6.07) is 11.7. The van der Waals surface area contributed by atoms with E-state index in [1.165, 1.54) is 37.4 Å². The molecular formula is C17H14F3N3O3S. The minimum atomic E-state index is -4.73. The van der Waals surface area contributed by atoms with E-state index >= 15 is 0 Å². The summed E-state index contributed by atoms with van der Waals surface area (Å²) < 4.78 is 68.7. The number of sulfone groups is 1. The number of nitrogens with zero attached hydrogens (tertiary/aromatic N) is 3. The Morgan fingerprint density at radius 1 is 1.07 bits per heavy atom. The molecule has 0 atom stereocenters. The topological polar surface area (TPSA) is 74.1 Å². The van der Waals surface area contributed by atoms with E-state index < -0.39 is 21.8 Å². The molecule has 0 aliphatic rings. The minimum absolute atomic E-state index is 0.0466. The Hall–Kier alpha value is -2.88. The Morgan fingerprint density at radius 3 is 2.30 bits per heavy atom. The van der Waals surface area contributed by atoms with Crippen LogP contribution in [0.4, 0.5) is 13.2 Å². The van der Waals surface area contributed by atoms with E-state index in [1.54, 1.807) is 18.2 Å². The van der Waals surface area contributed by atoms with Crippen LogP contribution in [-0.2, 0) is 16.0 Å². The lowest BCUT2D eigenvalue weighted by atomic mass is 10.2. The first-order chi connectivity index (χ1) is 12.6. The maximum atomic E-state index is 13.1. The summed E-state index contributed by atoms with van der Waals surface area (Å²) in [7, 11) is -1.99. The molecule has 2 aromatic carbocycles. The fraction of sp³-hybridized carbons (Fsp3) is 0.176. The third-order valence-electron chi connectivity index (χ3n) is 3.70. The van der Waals surface area contributed by atoms with E-state index in [0.717, 1.165) is 10.9 Å². The number of benzene rings is 2. The van der Waals surface area contributed by atoms with Crippen molar-refractivity contribution in [3.8, 4) is 22.8 Å². The second kappa shape index (κ2) is 6.69. The highest BCUT2D eigenvalue weighted by molar-refractivity contribution is 7.90. The largest absolute Gasteiger partial charge is 0.497 e. The van der Waals surface area contributed by atoms with Crippen LogP contribution in [0.25, 0.3) is 17.1 Å². The fourth-order valence-electron chi connectivity index (χ4n) is 2.40. The maximum Gasteiger partial charge on any atom is 0.453 e. The van der Waals surface area contributed by atoms with Gasteiger partial charge in [-0.15, -0.1) is 5.10 Å². The lowest BCUT2D eigenvalue weighted by Gasteiger charge is -2.08. The van der Waals surface area contributed by atoms with Gasteiger partial charge in [0.1, 0.15) is 5.75 Å². The Labute approximate surface area is 153 Å². The van der Waals surface area contributed by atoms with Crippen LogP contribution in [0.1, 0.15) is 5.82 Å². The average molecular weight is 397 g/mol. The summed E-state index contributed by atoms with van der Waals surface area (Å²) in [5.41, 5.74) is 0.604. The molecule has 6 nitrogen and oxygen atoms in total. The van der Waals surface area contributed by atoms with Gasteiger partial charge in [0.05, 0.1) is 17.7 Å². The summed E-state index contributed by atoms with van der Waals surface area (Å²) in [6.45, 7) is 0. The fourth-order valence-corrected chi connectivity index (χ4v) is 3.03. The monoisotopic (exact) mass is 397 g/mol. The van der Waals surface area contributed by atoms with Crippen LogP contribution in [0.15, 0.2) is 53.4 Å². The second-order valence-electron chi connectivity index (χ2n) is 5.67. The van der Waals surface area contributed by atoms with Crippen LogP contribution in [0.5, 0.6) is 5.75 Å². The molecule has 0 spiro atoms. The molecule has 0 saturated heterocycles. The van der Waals surface area contributed by atoms with Gasteiger partial charge in [0.2, 0.25) is 0 Å². The van der Waals surface area contributed by atoms with Gasteiger partial charge in [0.15, 0.2) is 15.7 Å². The van der Waals surface area contributed by atoms with E-state index in [0.29, 0.717) is 11.3 Å². The highest BCUT2D eigenvalue weighted by atomic mass is 32.2. The van der Waals surface area contributed by atoms with Gasteiger partial charge in [-0.3, -0.25) is 0 Å². The quantitative estimate of drug-likeness (QED) is 0.675. The van der Waals surface area contributed by atoms with Gasteiger partial charge >= 0.3 is 6.18 Å². The average Bonchev–Trinajstić information content (AvgIpc) is 3.07. The zero-order valence-electron chi connectivity index (χ0n) is 14.2. The van der Waals surface area contributed by atoms with Crippen molar-refractivity contribution in [3.05, 3.63) is 54.4 Å². The van der Waals surface area contributed by atoms with Gasteiger partial charge in [-0.25, -0.2) is 18.1 Å². The Bertz CT molecular complexity index is 1070. The zero-order valence-corrected chi connectivity index (χ0v) is 15.0. The first-order valence-corrected chi connectivity index (χ1v) is 9.48. The van der Waals surface area contributed by atoms with Gasteiger partial charge in [0.25, 0.3) is 5.82 Å². The lowest BCUT2D eigenvalue weighted by molar-refractivity contribution is -0.144. The molecule has 0 fully saturated rings. The van der Waals surface area contributed by atoms with Gasteiger partial charge in [-0.1, -0.05) is 12.1 Å². The van der Waals surface area contributed by atoms with Crippen LogP contribution in [0.2, 0.25) is 0 Å². The summed E-state index contributed by atoms with van der Waals surface area (Å²) in [5.74, 6) is -0.899. The molecule has 0 unspecified atom stereocenters. The third kappa shape index (κ3) is 3.95. The van der Waals surface area contributed by atoms with Gasteiger partial charge in [-0.2, -0.15) is 13.2 Å². The molecule has 0 bridgehead atoms. The number of hydrogen-bond donors (Lipinski definition) is 0. The summed E-state index contributed by atoms with van der Waals surface area (Å²) in [5, 5.41) is 3.57. The zero-order chi connectivity index (χ0) is 19.8. The first kappa shape index (κ1) is 18.9. The SMILES string of the molecule is COc1cccc(-c2nc(C(F)(F)F)nn2-c2ccc(S(C)(=O)=O)cc2)c1. The molecule has 0 aliphatic heterocycles. The van der Waals surface area contributed by atoms with Crippen molar-refractivity contribution in [2.75, 3.05) is 13.4 Å². The molecule has 3 rings (SSSR count). The van der Waals surface area contributed by atoms with Crippen molar-refractivity contribution in [3.63, 3.8) is 0 Å². The predicted molar refractivity (Wildman–Crippen MR) is 91.5 cm³/mol. The molecule has 27 heavy (non-hydrogen) atoms. The van der Waals surface area contributed by atoms with Gasteiger partial charge in [0, 0.05) is 11.8 Å². The van der Waals surface area contributed by atoms with Gasteiger partial charge in [-0.05, 0) is 36.4 Å². The van der Waals surface area contributed by atoms with Crippen LogP contribution in [0.3, 0.4) is 0 Å². The van der Waals surface area contributed by atoms with Crippen LogP contribution >= 0.6 is 0 Å². The molecule has 0 amide bonds. The van der Waals surface area contributed by atoms with E-state index in [2.05, 4.69) is 10.1 Å². The summed E-state index contributed by atoms with van der Waals surface area (Å²) >= 11 is 0.